The van der Waals surface area contributed by atoms with Gasteiger partial charge in [-0.2, -0.15) is 5.26 Å². The first-order valence-corrected chi connectivity index (χ1v) is 10.0. The van der Waals surface area contributed by atoms with Gasteiger partial charge in [-0.05, 0) is 61.4 Å². The maximum atomic E-state index is 12.4. The van der Waals surface area contributed by atoms with Gasteiger partial charge in [0.1, 0.15) is 17.4 Å². The monoisotopic (exact) mass is 425 g/mol. The average molecular weight is 425 g/mol. The van der Waals surface area contributed by atoms with Crippen molar-refractivity contribution in [3.63, 3.8) is 0 Å². The fourth-order valence-electron chi connectivity index (χ4n) is 3.02. The maximum Gasteiger partial charge on any atom is 0.266 e. The summed E-state index contributed by atoms with van der Waals surface area (Å²) in [5, 5.41) is 14.9. The zero-order valence-electron chi connectivity index (χ0n) is 17.9. The predicted molar refractivity (Wildman–Crippen MR) is 125 cm³/mol. The van der Waals surface area contributed by atoms with Crippen LogP contribution in [0.1, 0.15) is 16.7 Å². The highest BCUT2D eigenvalue weighted by atomic mass is 16.5. The van der Waals surface area contributed by atoms with Crippen LogP contribution in [0.2, 0.25) is 0 Å². The van der Waals surface area contributed by atoms with Gasteiger partial charge in [0.25, 0.3) is 11.8 Å². The van der Waals surface area contributed by atoms with Crippen LogP contribution in [-0.2, 0) is 9.59 Å². The van der Waals surface area contributed by atoms with Crippen molar-refractivity contribution < 1.29 is 14.3 Å². The number of carbonyl (C=O) groups excluding carboxylic acids is 2. The summed E-state index contributed by atoms with van der Waals surface area (Å²) in [6, 6.07) is 23.5. The van der Waals surface area contributed by atoms with E-state index in [4.69, 9.17) is 4.74 Å². The van der Waals surface area contributed by atoms with E-state index in [1.54, 1.807) is 48.5 Å². The Labute approximate surface area is 187 Å². The molecule has 0 saturated carbocycles. The number of hydrogen-bond donors (Lipinski definition) is 2. The summed E-state index contributed by atoms with van der Waals surface area (Å²) < 4.78 is 5.59. The quantitative estimate of drug-likeness (QED) is 0.417. The Hall–Kier alpha value is -4.37. The number of carbonyl (C=O) groups is 2. The van der Waals surface area contributed by atoms with E-state index in [0.717, 1.165) is 16.8 Å². The molecule has 3 aromatic carbocycles. The summed E-state index contributed by atoms with van der Waals surface area (Å²) in [6.07, 6.45) is 1.47. The SMILES string of the molecule is Cc1ccc(NC(=O)COc2cccc(/C=C(\C#N)C(=O)Nc3ccccc3)c2)c(C)c1. The zero-order chi connectivity index (χ0) is 22.9. The Morgan fingerprint density at radius 2 is 1.75 bits per heavy atom. The number of para-hydroxylation sites is 1. The van der Waals surface area contributed by atoms with Crippen molar-refractivity contribution in [1.29, 1.82) is 5.26 Å². The third-order valence-corrected chi connectivity index (χ3v) is 4.59. The molecule has 0 saturated heterocycles. The van der Waals surface area contributed by atoms with Crippen LogP contribution < -0.4 is 15.4 Å². The molecular formula is C26H23N3O3. The summed E-state index contributed by atoms with van der Waals surface area (Å²) >= 11 is 0. The minimum absolute atomic E-state index is 0.0430. The molecule has 32 heavy (non-hydrogen) atoms. The van der Waals surface area contributed by atoms with Crippen LogP contribution in [0.4, 0.5) is 11.4 Å². The van der Waals surface area contributed by atoms with Gasteiger partial charge in [-0.1, -0.05) is 48.0 Å². The summed E-state index contributed by atoms with van der Waals surface area (Å²) in [6.45, 7) is 3.76. The topological polar surface area (TPSA) is 91.2 Å². The third-order valence-electron chi connectivity index (χ3n) is 4.59. The minimum atomic E-state index is -0.502. The molecule has 0 unspecified atom stereocenters. The smallest absolute Gasteiger partial charge is 0.266 e. The lowest BCUT2D eigenvalue weighted by Crippen LogP contribution is -2.20. The Bertz CT molecular complexity index is 1190. The normalized spacial score (nSPS) is 10.7. The number of ether oxygens (including phenoxy) is 1. The van der Waals surface area contributed by atoms with Crippen LogP contribution in [0.3, 0.4) is 0 Å². The molecular weight excluding hydrogens is 402 g/mol. The molecule has 0 bridgehead atoms. The van der Waals surface area contributed by atoms with Crippen molar-refractivity contribution in [3.05, 3.63) is 95.1 Å². The van der Waals surface area contributed by atoms with Gasteiger partial charge in [0.15, 0.2) is 6.61 Å². The highest BCUT2D eigenvalue weighted by molar-refractivity contribution is 6.09. The van der Waals surface area contributed by atoms with Crippen LogP contribution >= 0.6 is 0 Å². The van der Waals surface area contributed by atoms with Crippen molar-refractivity contribution in [2.24, 2.45) is 0 Å². The van der Waals surface area contributed by atoms with Crippen molar-refractivity contribution >= 4 is 29.3 Å². The van der Waals surface area contributed by atoms with Crippen LogP contribution in [0.25, 0.3) is 6.08 Å². The number of benzene rings is 3. The molecule has 0 aliphatic carbocycles. The average Bonchev–Trinajstić information content (AvgIpc) is 2.79. The van der Waals surface area contributed by atoms with Gasteiger partial charge < -0.3 is 15.4 Å². The van der Waals surface area contributed by atoms with Crippen LogP contribution in [-0.4, -0.2) is 18.4 Å². The number of hydrogen-bond acceptors (Lipinski definition) is 4. The first-order valence-electron chi connectivity index (χ1n) is 10.0. The second-order valence-corrected chi connectivity index (χ2v) is 7.22. The largest absolute Gasteiger partial charge is 0.484 e. The van der Waals surface area contributed by atoms with E-state index >= 15 is 0 Å². The van der Waals surface area contributed by atoms with Crippen molar-refractivity contribution in [3.8, 4) is 11.8 Å². The van der Waals surface area contributed by atoms with Crippen molar-refractivity contribution in [1.82, 2.24) is 0 Å². The lowest BCUT2D eigenvalue weighted by molar-refractivity contribution is -0.118. The van der Waals surface area contributed by atoms with E-state index < -0.39 is 5.91 Å². The highest BCUT2D eigenvalue weighted by Crippen LogP contribution is 2.18. The number of amides is 2. The summed E-state index contributed by atoms with van der Waals surface area (Å²) in [7, 11) is 0. The number of nitriles is 1. The molecule has 0 aromatic heterocycles. The third kappa shape index (κ3) is 6.31. The van der Waals surface area contributed by atoms with Gasteiger partial charge in [0, 0.05) is 11.4 Å². The van der Waals surface area contributed by atoms with Gasteiger partial charge in [-0.3, -0.25) is 9.59 Å². The Morgan fingerprint density at radius 3 is 2.47 bits per heavy atom. The van der Waals surface area contributed by atoms with Crippen molar-refractivity contribution in [2.75, 3.05) is 17.2 Å². The molecule has 6 nitrogen and oxygen atoms in total. The molecule has 6 heteroatoms. The van der Waals surface area contributed by atoms with Crippen LogP contribution in [0, 0.1) is 25.2 Å². The summed E-state index contributed by atoms with van der Waals surface area (Å²) in [5.41, 5.74) is 4.00. The lowest BCUT2D eigenvalue weighted by Gasteiger charge is -2.10. The van der Waals surface area contributed by atoms with Gasteiger partial charge in [0.2, 0.25) is 0 Å². The standard InChI is InChI=1S/C26H23N3O3/c1-18-11-12-24(19(2)13-18)29-25(30)17-32-23-10-6-7-20(15-23)14-21(16-27)26(31)28-22-8-4-3-5-9-22/h3-15H,17H2,1-2H3,(H,28,31)(H,29,30)/b21-14+. The molecule has 2 N–H and O–H groups in total. The number of aryl methyl sites for hydroxylation is 2. The molecule has 0 radical (unpaired) electrons. The molecule has 0 aliphatic heterocycles. The fraction of sp³-hybridized carbons (Fsp3) is 0.115. The molecule has 0 atom stereocenters. The lowest BCUT2D eigenvalue weighted by atomic mass is 10.1. The van der Waals surface area contributed by atoms with E-state index in [1.807, 2.05) is 44.2 Å². The van der Waals surface area contributed by atoms with Gasteiger partial charge in [-0.25, -0.2) is 0 Å². The molecule has 0 aliphatic rings. The second-order valence-electron chi connectivity index (χ2n) is 7.22. The number of nitrogens with zero attached hydrogens (tertiary/aromatic N) is 1. The van der Waals surface area contributed by atoms with E-state index in [-0.39, 0.29) is 18.1 Å². The molecule has 2 amide bonds. The summed E-state index contributed by atoms with van der Waals surface area (Å²) in [5.74, 6) is -0.328. The Balaban J connectivity index is 1.63. The Kier molecular flexibility index (Phi) is 7.39. The number of nitrogens with one attached hydrogen (secondary N) is 2. The zero-order valence-corrected chi connectivity index (χ0v) is 17.9. The van der Waals surface area contributed by atoms with E-state index in [9.17, 15) is 14.9 Å². The molecule has 3 rings (SSSR count). The van der Waals surface area contributed by atoms with E-state index in [0.29, 0.717) is 17.0 Å². The second kappa shape index (κ2) is 10.6. The molecule has 0 heterocycles. The predicted octanol–water partition coefficient (Wildman–Crippen LogP) is 4.87. The molecule has 160 valence electrons. The van der Waals surface area contributed by atoms with Gasteiger partial charge in [0.05, 0.1) is 0 Å². The van der Waals surface area contributed by atoms with E-state index in [2.05, 4.69) is 10.6 Å². The van der Waals surface area contributed by atoms with E-state index in [1.165, 1.54) is 6.08 Å². The first-order chi connectivity index (χ1) is 15.4. The molecule has 0 fully saturated rings. The highest BCUT2D eigenvalue weighted by Gasteiger charge is 2.10. The first kappa shape index (κ1) is 22.3. The minimum Gasteiger partial charge on any atom is -0.484 e. The maximum absolute atomic E-state index is 12.4. The van der Waals surface area contributed by atoms with Gasteiger partial charge in [-0.15, -0.1) is 0 Å². The van der Waals surface area contributed by atoms with Crippen molar-refractivity contribution in [2.45, 2.75) is 13.8 Å². The fourth-order valence-corrected chi connectivity index (χ4v) is 3.02. The Morgan fingerprint density at radius 1 is 0.969 bits per heavy atom. The summed E-state index contributed by atoms with van der Waals surface area (Å²) in [4.78, 5) is 24.6. The molecule has 3 aromatic rings. The number of anilines is 2. The van der Waals surface area contributed by atoms with Crippen LogP contribution in [0.5, 0.6) is 5.75 Å². The molecule has 0 spiro atoms. The number of rotatable bonds is 7. The van der Waals surface area contributed by atoms with Crippen LogP contribution in [0.15, 0.2) is 78.4 Å². The van der Waals surface area contributed by atoms with Gasteiger partial charge >= 0.3 is 0 Å².